The van der Waals surface area contributed by atoms with Gasteiger partial charge >= 0.3 is 5.97 Å². The monoisotopic (exact) mass is 886 g/mol. The number of nitrogens with one attached hydrogen (secondary N) is 1. The maximum Gasteiger partial charge on any atom is 0.305 e. The molecule has 0 aliphatic carbocycles. The molecular weight excluding hydrogens is 779 g/mol. The average Bonchev–Trinajstić information content (AvgIpc) is 3.28. The highest BCUT2D eigenvalue weighted by Crippen LogP contribution is 2.15. The minimum atomic E-state index is -0.854. The number of carbonyl (C=O) groups is 2. The molecule has 0 radical (unpaired) electrons. The van der Waals surface area contributed by atoms with Gasteiger partial charge in [0.15, 0.2) is 0 Å². The minimum absolute atomic E-state index is 0.00726. The SMILES string of the molecule is CCCCCCCCC/C=C\CCCCCCCCCC(=O)OCCCCCCCCC/C=C\CCCCCCCC(=O)NC(CO)C(O)/C=C/CCCCCCCCCCCC. The number of ether oxygens (including phenoxy) is 1. The lowest BCUT2D eigenvalue weighted by molar-refractivity contribution is -0.143. The second-order valence-electron chi connectivity index (χ2n) is 18.9. The Morgan fingerprint density at radius 1 is 0.429 bits per heavy atom. The molecule has 370 valence electrons. The van der Waals surface area contributed by atoms with Crippen LogP contribution in [0.3, 0.4) is 0 Å². The van der Waals surface area contributed by atoms with E-state index in [2.05, 4.69) is 43.5 Å². The third-order valence-electron chi connectivity index (χ3n) is 12.6. The molecule has 0 saturated carbocycles. The van der Waals surface area contributed by atoms with Crippen molar-refractivity contribution in [1.82, 2.24) is 5.32 Å². The number of hydrogen-bond donors (Lipinski definition) is 3. The normalized spacial score (nSPS) is 12.9. The van der Waals surface area contributed by atoms with E-state index in [1.807, 2.05) is 6.08 Å². The zero-order chi connectivity index (χ0) is 45.8. The van der Waals surface area contributed by atoms with Gasteiger partial charge in [-0.15, -0.1) is 0 Å². The van der Waals surface area contributed by atoms with Gasteiger partial charge in [0.25, 0.3) is 0 Å². The molecule has 0 aliphatic heterocycles. The number of allylic oxidation sites excluding steroid dienone is 5. The second-order valence-corrected chi connectivity index (χ2v) is 18.9. The van der Waals surface area contributed by atoms with E-state index in [-0.39, 0.29) is 18.5 Å². The molecule has 0 aromatic carbocycles. The molecule has 0 spiro atoms. The summed E-state index contributed by atoms with van der Waals surface area (Å²) < 4.78 is 5.48. The van der Waals surface area contributed by atoms with Gasteiger partial charge in [0.2, 0.25) is 5.91 Å². The summed E-state index contributed by atoms with van der Waals surface area (Å²) in [5.74, 6) is -0.0936. The average molecular weight is 886 g/mol. The third-order valence-corrected chi connectivity index (χ3v) is 12.6. The maximum atomic E-state index is 12.4. The first kappa shape index (κ1) is 61.1. The van der Waals surface area contributed by atoms with Crippen molar-refractivity contribution in [1.29, 1.82) is 0 Å². The lowest BCUT2D eigenvalue weighted by Crippen LogP contribution is -2.45. The fraction of sp³-hybridized carbons (Fsp3) is 0.860. The van der Waals surface area contributed by atoms with Crippen LogP contribution in [0.4, 0.5) is 0 Å². The summed E-state index contributed by atoms with van der Waals surface area (Å²) in [5, 5.41) is 23.0. The molecule has 2 unspecified atom stereocenters. The summed E-state index contributed by atoms with van der Waals surface area (Å²) in [6, 6.07) is -0.639. The number of unbranched alkanes of at least 4 members (excludes halogenated alkanes) is 36. The Labute approximate surface area is 392 Å². The molecule has 6 heteroatoms. The van der Waals surface area contributed by atoms with E-state index in [1.54, 1.807) is 6.08 Å². The molecule has 2 atom stereocenters. The summed E-state index contributed by atoms with van der Waals surface area (Å²) in [6.45, 7) is 4.87. The van der Waals surface area contributed by atoms with Crippen LogP contribution in [-0.2, 0) is 14.3 Å². The first-order chi connectivity index (χ1) is 31.0. The second kappa shape index (κ2) is 52.7. The van der Waals surface area contributed by atoms with Gasteiger partial charge in [0.1, 0.15) is 0 Å². The van der Waals surface area contributed by atoms with Crippen LogP contribution in [0.25, 0.3) is 0 Å². The van der Waals surface area contributed by atoms with Crippen LogP contribution in [0.5, 0.6) is 0 Å². The molecule has 1 amide bonds. The zero-order valence-corrected chi connectivity index (χ0v) is 42.1. The number of aliphatic hydroxyl groups excluding tert-OH is 2. The number of aliphatic hydroxyl groups is 2. The summed E-state index contributed by atoms with van der Waals surface area (Å²) in [7, 11) is 0. The molecule has 0 aliphatic rings. The minimum Gasteiger partial charge on any atom is -0.466 e. The fourth-order valence-corrected chi connectivity index (χ4v) is 8.33. The van der Waals surface area contributed by atoms with Gasteiger partial charge in [0.05, 0.1) is 25.4 Å². The molecular formula is C57H107NO5. The summed E-state index contributed by atoms with van der Waals surface area (Å²) in [5.41, 5.74) is 0. The molecule has 0 rings (SSSR count). The Hall–Kier alpha value is -1.92. The standard InChI is InChI=1S/C57H107NO5/c1-3-5-7-9-11-13-15-17-18-19-20-24-27-31-35-39-43-47-51-57(62)63-52-48-44-40-36-32-28-25-22-21-23-26-30-34-38-42-46-50-56(61)58-54(53-59)55(60)49-45-41-37-33-29-16-14-12-10-8-6-4-2/h18-19,21,23,45,49,54-55,59-60H,3-17,20,22,24-44,46-48,50-53H2,1-2H3,(H,58,61)/b19-18-,23-21-,49-45+. The van der Waals surface area contributed by atoms with Crippen LogP contribution in [0.1, 0.15) is 290 Å². The lowest BCUT2D eigenvalue weighted by atomic mass is 10.1. The van der Waals surface area contributed by atoms with Gasteiger partial charge in [0, 0.05) is 12.8 Å². The van der Waals surface area contributed by atoms with Crippen LogP contribution < -0.4 is 5.32 Å². The number of esters is 1. The summed E-state index contributed by atoms with van der Waals surface area (Å²) >= 11 is 0. The highest BCUT2D eigenvalue weighted by molar-refractivity contribution is 5.76. The van der Waals surface area contributed by atoms with Gasteiger partial charge in [-0.2, -0.15) is 0 Å². The summed E-state index contributed by atoms with van der Waals surface area (Å²) in [6.07, 6.45) is 64.4. The van der Waals surface area contributed by atoms with Gasteiger partial charge in [-0.05, 0) is 83.5 Å². The molecule has 0 aromatic heterocycles. The quantitative estimate of drug-likeness (QED) is 0.0321. The summed E-state index contributed by atoms with van der Waals surface area (Å²) in [4.78, 5) is 24.5. The van der Waals surface area contributed by atoms with Crippen LogP contribution in [-0.4, -0.2) is 47.4 Å². The molecule has 0 bridgehead atoms. The van der Waals surface area contributed by atoms with Crippen molar-refractivity contribution in [3.05, 3.63) is 36.5 Å². The van der Waals surface area contributed by atoms with Crippen molar-refractivity contribution >= 4 is 11.9 Å². The van der Waals surface area contributed by atoms with Crippen molar-refractivity contribution in [2.75, 3.05) is 13.2 Å². The molecule has 63 heavy (non-hydrogen) atoms. The molecule has 0 heterocycles. The number of hydrogen-bond acceptors (Lipinski definition) is 5. The topological polar surface area (TPSA) is 95.9 Å². The van der Waals surface area contributed by atoms with E-state index in [4.69, 9.17) is 4.74 Å². The van der Waals surface area contributed by atoms with Gasteiger partial charge in [-0.25, -0.2) is 0 Å². The van der Waals surface area contributed by atoms with Crippen LogP contribution >= 0.6 is 0 Å². The lowest BCUT2D eigenvalue weighted by Gasteiger charge is -2.20. The molecule has 3 N–H and O–H groups in total. The van der Waals surface area contributed by atoms with Crippen LogP contribution in [0, 0.1) is 0 Å². The predicted molar refractivity (Wildman–Crippen MR) is 273 cm³/mol. The maximum absolute atomic E-state index is 12.4. The fourth-order valence-electron chi connectivity index (χ4n) is 8.33. The number of rotatable bonds is 51. The molecule has 0 aromatic rings. The Balaban J connectivity index is 3.47. The first-order valence-electron chi connectivity index (χ1n) is 27.8. The predicted octanol–water partition coefficient (Wildman–Crippen LogP) is 16.9. The Kier molecular flexibility index (Phi) is 51.1. The molecule has 6 nitrogen and oxygen atoms in total. The Morgan fingerprint density at radius 2 is 0.746 bits per heavy atom. The van der Waals surface area contributed by atoms with E-state index in [1.165, 1.54) is 199 Å². The highest BCUT2D eigenvalue weighted by atomic mass is 16.5. The third kappa shape index (κ3) is 49.4. The van der Waals surface area contributed by atoms with Gasteiger partial charge in [-0.3, -0.25) is 9.59 Å². The van der Waals surface area contributed by atoms with Crippen molar-refractivity contribution < 1.29 is 24.5 Å². The Morgan fingerprint density at radius 3 is 1.13 bits per heavy atom. The number of carbonyl (C=O) groups excluding carboxylic acids is 2. The van der Waals surface area contributed by atoms with E-state index < -0.39 is 12.1 Å². The molecule has 0 saturated heterocycles. The van der Waals surface area contributed by atoms with Crippen molar-refractivity contribution in [3.8, 4) is 0 Å². The largest absolute Gasteiger partial charge is 0.466 e. The van der Waals surface area contributed by atoms with Crippen LogP contribution in [0.15, 0.2) is 36.5 Å². The van der Waals surface area contributed by atoms with Gasteiger partial charge in [-0.1, -0.05) is 230 Å². The number of amides is 1. The van der Waals surface area contributed by atoms with Crippen molar-refractivity contribution in [2.45, 2.75) is 302 Å². The first-order valence-corrected chi connectivity index (χ1v) is 27.8. The Bertz CT molecular complexity index is 1020. The smallest absolute Gasteiger partial charge is 0.305 e. The highest BCUT2D eigenvalue weighted by Gasteiger charge is 2.18. The van der Waals surface area contributed by atoms with Crippen molar-refractivity contribution in [2.24, 2.45) is 0 Å². The zero-order valence-electron chi connectivity index (χ0n) is 42.1. The van der Waals surface area contributed by atoms with E-state index in [9.17, 15) is 19.8 Å². The van der Waals surface area contributed by atoms with Crippen molar-refractivity contribution in [3.63, 3.8) is 0 Å². The van der Waals surface area contributed by atoms with Gasteiger partial charge < -0.3 is 20.3 Å². The van der Waals surface area contributed by atoms with E-state index >= 15 is 0 Å². The van der Waals surface area contributed by atoms with E-state index in [0.717, 1.165) is 64.2 Å². The van der Waals surface area contributed by atoms with Crippen LogP contribution in [0.2, 0.25) is 0 Å². The van der Waals surface area contributed by atoms with E-state index in [0.29, 0.717) is 19.4 Å². The molecule has 0 fully saturated rings.